The lowest BCUT2D eigenvalue weighted by Gasteiger charge is -2.15. The number of nitrogen functional groups attached to an aromatic ring is 1. The van der Waals surface area contributed by atoms with Crippen molar-refractivity contribution < 1.29 is 0 Å². The lowest BCUT2D eigenvalue weighted by atomic mass is 10.0. The molecular formula is C6H13N5. The zero-order chi connectivity index (χ0) is 8.48. The van der Waals surface area contributed by atoms with Crippen molar-refractivity contribution in [3.8, 4) is 0 Å². The third kappa shape index (κ3) is 2.55. The Morgan fingerprint density at radius 3 is 2.55 bits per heavy atom. The van der Waals surface area contributed by atoms with Crippen LogP contribution in [-0.2, 0) is 6.42 Å². The van der Waals surface area contributed by atoms with E-state index in [1.165, 1.54) is 0 Å². The van der Waals surface area contributed by atoms with E-state index in [1.807, 2.05) is 13.8 Å². The number of nitrogens with zero attached hydrogens (tertiary/aromatic N) is 2. The van der Waals surface area contributed by atoms with Crippen LogP contribution in [0.4, 0.5) is 5.95 Å². The molecular weight excluding hydrogens is 142 g/mol. The number of H-pyrrole nitrogens is 1. The van der Waals surface area contributed by atoms with E-state index in [2.05, 4.69) is 15.2 Å². The van der Waals surface area contributed by atoms with Crippen LogP contribution in [-0.4, -0.2) is 20.7 Å². The van der Waals surface area contributed by atoms with E-state index in [9.17, 15) is 0 Å². The Kier molecular flexibility index (Phi) is 1.82. The number of hydrogen-bond acceptors (Lipinski definition) is 4. The summed E-state index contributed by atoms with van der Waals surface area (Å²) in [6.45, 7) is 3.84. The van der Waals surface area contributed by atoms with Crippen LogP contribution in [0.5, 0.6) is 0 Å². The Hall–Kier alpha value is -1.10. The standard InChI is InChI=1S/C6H13N5/c1-6(2,8)3-4-9-5(7)11-10-4/h3,8H2,1-2H3,(H3,7,9,10,11). The highest BCUT2D eigenvalue weighted by Crippen LogP contribution is 2.05. The van der Waals surface area contributed by atoms with Gasteiger partial charge in [-0.15, -0.1) is 5.10 Å². The zero-order valence-corrected chi connectivity index (χ0v) is 6.76. The fourth-order valence-electron chi connectivity index (χ4n) is 0.821. The fourth-order valence-corrected chi connectivity index (χ4v) is 0.821. The highest BCUT2D eigenvalue weighted by molar-refractivity contribution is 5.13. The van der Waals surface area contributed by atoms with Crippen molar-refractivity contribution in [2.45, 2.75) is 25.8 Å². The molecule has 0 amide bonds. The molecule has 11 heavy (non-hydrogen) atoms. The summed E-state index contributed by atoms with van der Waals surface area (Å²) in [5, 5.41) is 6.38. The fraction of sp³-hybridized carbons (Fsp3) is 0.667. The Labute approximate surface area is 65.2 Å². The van der Waals surface area contributed by atoms with Crippen LogP contribution in [0.2, 0.25) is 0 Å². The van der Waals surface area contributed by atoms with E-state index < -0.39 is 0 Å². The van der Waals surface area contributed by atoms with E-state index in [1.54, 1.807) is 0 Å². The molecule has 5 N–H and O–H groups in total. The average molecular weight is 155 g/mol. The van der Waals surface area contributed by atoms with Crippen molar-refractivity contribution in [3.63, 3.8) is 0 Å². The molecule has 0 unspecified atom stereocenters. The summed E-state index contributed by atoms with van der Waals surface area (Å²) in [5.74, 6) is 0.999. The van der Waals surface area contributed by atoms with Gasteiger partial charge in [-0.2, -0.15) is 4.98 Å². The maximum absolute atomic E-state index is 5.75. The van der Waals surface area contributed by atoms with Gasteiger partial charge >= 0.3 is 0 Å². The van der Waals surface area contributed by atoms with Crippen molar-refractivity contribution in [2.75, 3.05) is 5.73 Å². The molecule has 1 aromatic rings. The van der Waals surface area contributed by atoms with Gasteiger partial charge in [0.2, 0.25) is 5.95 Å². The van der Waals surface area contributed by atoms with Crippen LogP contribution in [0.3, 0.4) is 0 Å². The zero-order valence-electron chi connectivity index (χ0n) is 6.76. The summed E-state index contributed by atoms with van der Waals surface area (Å²) < 4.78 is 0. The molecule has 0 spiro atoms. The van der Waals surface area contributed by atoms with Crippen molar-refractivity contribution in [3.05, 3.63) is 5.82 Å². The molecule has 1 rings (SSSR count). The Morgan fingerprint density at radius 1 is 1.55 bits per heavy atom. The first kappa shape index (κ1) is 8.00. The minimum atomic E-state index is -0.272. The second kappa shape index (κ2) is 2.50. The Morgan fingerprint density at radius 2 is 2.18 bits per heavy atom. The first-order valence-electron chi connectivity index (χ1n) is 3.43. The van der Waals surface area contributed by atoms with Gasteiger partial charge in [-0.1, -0.05) is 0 Å². The smallest absolute Gasteiger partial charge is 0.239 e. The quantitative estimate of drug-likeness (QED) is 0.545. The number of nitrogens with one attached hydrogen (secondary N) is 1. The molecule has 0 bridgehead atoms. The molecule has 5 heteroatoms. The van der Waals surface area contributed by atoms with Gasteiger partial charge in [0.25, 0.3) is 0 Å². The molecule has 0 aliphatic heterocycles. The van der Waals surface area contributed by atoms with Gasteiger partial charge in [-0.05, 0) is 13.8 Å². The van der Waals surface area contributed by atoms with Gasteiger partial charge in [0.15, 0.2) is 0 Å². The van der Waals surface area contributed by atoms with Crippen LogP contribution in [0.15, 0.2) is 0 Å². The largest absolute Gasteiger partial charge is 0.367 e. The molecule has 1 aromatic heterocycles. The van der Waals surface area contributed by atoms with E-state index in [4.69, 9.17) is 11.5 Å². The lowest BCUT2D eigenvalue weighted by Crippen LogP contribution is -2.34. The highest BCUT2D eigenvalue weighted by Gasteiger charge is 2.13. The maximum atomic E-state index is 5.75. The summed E-state index contributed by atoms with van der Waals surface area (Å²) in [6.07, 6.45) is 0.650. The molecule has 0 atom stereocenters. The molecule has 0 aliphatic carbocycles. The van der Waals surface area contributed by atoms with Crippen LogP contribution >= 0.6 is 0 Å². The second-order valence-electron chi connectivity index (χ2n) is 3.31. The number of aromatic nitrogens is 3. The molecule has 0 aliphatic rings. The first-order chi connectivity index (χ1) is 4.97. The summed E-state index contributed by atoms with van der Waals surface area (Å²) >= 11 is 0. The van der Waals surface area contributed by atoms with Gasteiger partial charge in [-0.25, -0.2) is 0 Å². The molecule has 0 fully saturated rings. The van der Waals surface area contributed by atoms with Crippen molar-refractivity contribution >= 4 is 5.95 Å². The third-order valence-corrected chi connectivity index (χ3v) is 1.17. The van der Waals surface area contributed by atoms with Crippen LogP contribution in [0, 0.1) is 0 Å². The van der Waals surface area contributed by atoms with E-state index in [-0.39, 0.29) is 11.5 Å². The van der Waals surface area contributed by atoms with Crippen LogP contribution in [0.1, 0.15) is 19.7 Å². The topological polar surface area (TPSA) is 93.6 Å². The summed E-state index contributed by atoms with van der Waals surface area (Å²) in [4.78, 5) is 3.93. The predicted octanol–water partition coefficient (Wildman–Crippen LogP) is -0.333. The summed E-state index contributed by atoms with van der Waals surface area (Å²) in [5.41, 5.74) is 10.8. The minimum Gasteiger partial charge on any atom is -0.367 e. The van der Waals surface area contributed by atoms with Gasteiger partial charge in [0.05, 0.1) is 0 Å². The summed E-state index contributed by atoms with van der Waals surface area (Å²) in [7, 11) is 0. The number of anilines is 1. The molecule has 0 radical (unpaired) electrons. The number of hydrogen-bond donors (Lipinski definition) is 3. The lowest BCUT2D eigenvalue weighted by molar-refractivity contribution is 0.503. The van der Waals surface area contributed by atoms with Crippen molar-refractivity contribution in [1.82, 2.24) is 15.2 Å². The van der Waals surface area contributed by atoms with Gasteiger partial charge in [0, 0.05) is 12.0 Å². The van der Waals surface area contributed by atoms with E-state index in [0.717, 1.165) is 5.82 Å². The van der Waals surface area contributed by atoms with Gasteiger partial charge < -0.3 is 11.5 Å². The van der Waals surface area contributed by atoms with Gasteiger partial charge in [-0.3, -0.25) is 5.10 Å². The van der Waals surface area contributed by atoms with E-state index >= 15 is 0 Å². The molecule has 5 nitrogen and oxygen atoms in total. The molecule has 1 heterocycles. The van der Waals surface area contributed by atoms with Crippen LogP contribution in [0.25, 0.3) is 0 Å². The van der Waals surface area contributed by atoms with Gasteiger partial charge in [0.1, 0.15) is 5.82 Å². The minimum absolute atomic E-state index is 0.268. The monoisotopic (exact) mass is 155 g/mol. The number of nitrogens with two attached hydrogens (primary N) is 2. The third-order valence-electron chi connectivity index (χ3n) is 1.17. The molecule has 0 saturated heterocycles. The summed E-state index contributed by atoms with van der Waals surface area (Å²) in [6, 6.07) is 0. The Balaban J connectivity index is 2.65. The van der Waals surface area contributed by atoms with Crippen molar-refractivity contribution in [1.29, 1.82) is 0 Å². The average Bonchev–Trinajstić information content (AvgIpc) is 2.10. The maximum Gasteiger partial charge on any atom is 0.239 e. The SMILES string of the molecule is CC(C)(N)Cc1nc(N)n[nH]1. The molecule has 0 aromatic carbocycles. The second-order valence-corrected chi connectivity index (χ2v) is 3.31. The van der Waals surface area contributed by atoms with Crippen molar-refractivity contribution in [2.24, 2.45) is 5.73 Å². The van der Waals surface area contributed by atoms with Crippen LogP contribution < -0.4 is 11.5 Å². The number of aromatic amines is 1. The molecule has 62 valence electrons. The number of rotatable bonds is 2. The highest BCUT2D eigenvalue weighted by atomic mass is 15.3. The normalized spacial score (nSPS) is 11.9. The first-order valence-corrected chi connectivity index (χ1v) is 3.43. The van der Waals surface area contributed by atoms with E-state index in [0.29, 0.717) is 6.42 Å². The Bertz CT molecular complexity index is 233. The predicted molar refractivity (Wildman–Crippen MR) is 42.8 cm³/mol. The molecule has 0 saturated carbocycles.